The van der Waals surface area contributed by atoms with E-state index in [1.807, 2.05) is 0 Å². The number of sulfonamides is 1. The lowest BCUT2D eigenvalue weighted by molar-refractivity contribution is 0.475. The van der Waals surface area contributed by atoms with Crippen LogP contribution in [0, 0.1) is 5.92 Å². The van der Waals surface area contributed by atoms with Crippen LogP contribution in [0.1, 0.15) is 25.7 Å². The molecule has 0 unspecified atom stereocenters. The Hall–Kier alpha value is -0.0900. The third-order valence-corrected chi connectivity index (χ3v) is 4.65. The van der Waals surface area contributed by atoms with E-state index in [1.165, 1.54) is 0 Å². The maximum Gasteiger partial charge on any atom is 0.214 e. The van der Waals surface area contributed by atoms with Gasteiger partial charge in [-0.15, -0.1) is 0 Å². The van der Waals surface area contributed by atoms with Gasteiger partial charge in [0.1, 0.15) is 0 Å². The monoisotopic (exact) mass is 189 g/mol. The minimum atomic E-state index is -2.86. The number of hydrogen-bond donors (Lipinski definition) is 0. The molecule has 70 valence electrons. The standard InChI is InChI=1S/C8H15NO2S/c10-12(11,7-8-3-4-8)9-5-1-2-6-9/h8H,1-7H2. The molecule has 1 aliphatic heterocycles. The average Bonchev–Trinajstić information content (AvgIpc) is 2.67. The summed E-state index contributed by atoms with van der Waals surface area (Å²) in [5, 5.41) is 0. The summed E-state index contributed by atoms with van der Waals surface area (Å²) in [6.45, 7) is 1.52. The van der Waals surface area contributed by atoms with Crippen LogP contribution in [0.3, 0.4) is 0 Å². The van der Waals surface area contributed by atoms with E-state index < -0.39 is 10.0 Å². The van der Waals surface area contributed by atoms with Crippen LogP contribution in [0.4, 0.5) is 0 Å². The van der Waals surface area contributed by atoms with Crippen molar-refractivity contribution >= 4 is 10.0 Å². The normalized spacial score (nSPS) is 26.3. The largest absolute Gasteiger partial charge is 0.214 e. The summed E-state index contributed by atoms with van der Waals surface area (Å²) in [5.41, 5.74) is 0. The molecule has 0 aromatic carbocycles. The van der Waals surface area contributed by atoms with E-state index in [9.17, 15) is 8.42 Å². The summed E-state index contributed by atoms with van der Waals surface area (Å²) in [6, 6.07) is 0. The molecule has 0 bridgehead atoms. The molecule has 1 saturated carbocycles. The summed E-state index contributed by atoms with van der Waals surface area (Å²) in [5.74, 6) is 0.892. The first-order valence-corrected chi connectivity index (χ1v) is 6.27. The third-order valence-electron chi connectivity index (χ3n) is 2.60. The van der Waals surface area contributed by atoms with E-state index in [1.54, 1.807) is 4.31 Å². The van der Waals surface area contributed by atoms with E-state index in [-0.39, 0.29) is 0 Å². The van der Waals surface area contributed by atoms with E-state index in [0.717, 1.165) is 38.8 Å². The second-order valence-electron chi connectivity index (χ2n) is 3.83. The fraction of sp³-hybridized carbons (Fsp3) is 1.00. The zero-order chi connectivity index (χ0) is 8.60. The van der Waals surface area contributed by atoms with Gasteiger partial charge in [-0.25, -0.2) is 12.7 Å². The Morgan fingerprint density at radius 1 is 1.17 bits per heavy atom. The SMILES string of the molecule is O=S(=O)(CC1CC1)N1CCCC1. The van der Waals surface area contributed by atoms with E-state index >= 15 is 0 Å². The number of rotatable bonds is 3. The third kappa shape index (κ3) is 1.80. The van der Waals surface area contributed by atoms with Crippen LogP contribution in [-0.2, 0) is 10.0 Å². The molecule has 3 nitrogen and oxygen atoms in total. The van der Waals surface area contributed by atoms with Gasteiger partial charge < -0.3 is 0 Å². The van der Waals surface area contributed by atoms with Crippen LogP contribution in [-0.4, -0.2) is 31.6 Å². The van der Waals surface area contributed by atoms with Crippen LogP contribution in [0.25, 0.3) is 0 Å². The quantitative estimate of drug-likeness (QED) is 0.659. The molecule has 0 aromatic rings. The van der Waals surface area contributed by atoms with E-state index in [0.29, 0.717) is 11.7 Å². The predicted molar refractivity (Wildman–Crippen MR) is 47.3 cm³/mol. The van der Waals surface area contributed by atoms with Gasteiger partial charge in [0.25, 0.3) is 0 Å². The molecule has 12 heavy (non-hydrogen) atoms. The lowest BCUT2D eigenvalue weighted by atomic mass is 10.4. The lowest BCUT2D eigenvalue weighted by Gasteiger charge is -2.14. The first kappa shape index (κ1) is 8.51. The van der Waals surface area contributed by atoms with Gasteiger partial charge in [-0.1, -0.05) is 0 Å². The molecule has 1 aliphatic carbocycles. The Morgan fingerprint density at radius 2 is 1.75 bits per heavy atom. The van der Waals surface area contributed by atoms with Gasteiger partial charge in [0.15, 0.2) is 0 Å². The number of hydrogen-bond acceptors (Lipinski definition) is 2. The second-order valence-corrected chi connectivity index (χ2v) is 5.84. The molecule has 0 aromatic heterocycles. The van der Waals surface area contributed by atoms with Crippen LogP contribution in [0.15, 0.2) is 0 Å². The van der Waals surface area contributed by atoms with Crippen molar-refractivity contribution in [3.8, 4) is 0 Å². The Bertz CT molecular complexity index is 250. The van der Waals surface area contributed by atoms with Crippen molar-refractivity contribution in [2.45, 2.75) is 25.7 Å². The molecular formula is C8H15NO2S. The van der Waals surface area contributed by atoms with E-state index in [4.69, 9.17) is 0 Å². The Kier molecular flexibility index (Phi) is 2.12. The van der Waals surface area contributed by atoms with Crippen LogP contribution in [0.2, 0.25) is 0 Å². The van der Waals surface area contributed by atoms with Crippen LogP contribution >= 0.6 is 0 Å². The van der Waals surface area contributed by atoms with Crippen molar-refractivity contribution in [2.24, 2.45) is 5.92 Å². The van der Waals surface area contributed by atoms with Crippen molar-refractivity contribution in [1.29, 1.82) is 0 Å². The molecule has 0 amide bonds. The van der Waals surface area contributed by atoms with Crippen LogP contribution in [0.5, 0.6) is 0 Å². The molecule has 2 aliphatic rings. The van der Waals surface area contributed by atoms with Gasteiger partial charge in [0, 0.05) is 13.1 Å². The average molecular weight is 189 g/mol. The highest BCUT2D eigenvalue weighted by Crippen LogP contribution is 2.31. The fourth-order valence-corrected chi connectivity index (χ4v) is 3.61. The maximum atomic E-state index is 11.6. The summed E-state index contributed by atoms with van der Waals surface area (Å²) in [6.07, 6.45) is 4.33. The topological polar surface area (TPSA) is 37.4 Å². The van der Waals surface area contributed by atoms with Gasteiger partial charge in [-0.2, -0.15) is 0 Å². The van der Waals surface area contributed by atoms with Crippen molar-refractivity contribution in [3.05, 3.63) is 0 Å². The summed E-state index contributed by atoms with van der Waals surface area (Å²) in [7, 11) is -2.86. The molecule has 0 atom stereocenters. The second kappa shape index (κ2) is 3.00. The van der Waals surface area contributed by atoms with Crippen molar-refractivity contribution in [2.75, 3.05) is 18.8 Å². The van der Waals surface area contributed by atoms with Gasteiger partial charge in [-0.3, -0.25) is 0 Å². The van der Waals surface area contributed by atoms with Gasteiger partial charge in [0.2, 0.25) is 10.0 Å². The maximum absolute atomic E-state index is 11.6. The zero-order valence-electron chi connectivity index (χ0n) is 7.20. The van der Waals surface area contributed by atoms with Gasteiger partial charge in [0.05, 0.1) is 5.75 Å². The van der Waals surface area contributed by atoms with E-state index in [2.05, 4.69) is 0 Å². The van der Waals surface area contributed by atoms with Gasteiger partial charge >= 0.3 is 0 Å². The molecule has 0 N–H and O–H groups in total. The molecule has 0 spiro atoms. The van der Waals surface area contributed by atoms with Crippen molar-refractivity contribution in [1.82, 2.24) is 4.31 Å². The van der Waals surface area contributed by atoms with Crippen molar-refractivity contribution in [3.63, 3.8) is 0 Å². The minimum absolute atomic E-state index is 0.410. The molecule has 4 heteroatoms. The zero-order valence-corrected chi connectivity index (χ0v) is 8.02. The first-order chi connectivity index (χ1) is 5.68. The Labute approximate surface area is 73.8 Å². The minimum Gasteiger partial charge on any atom is -0.212 e. The highest BCUT2D eigenvalue weighted by Gasteiger charge is 2.32. The van der Waals surface area contributed by atoms with Gasteiger partial charge in [-0.05, 0) is 31.6 Å². The smallest absolute Gasteiger partial charge is 0.212 e. The first-order valence-electron chi connectivity index (χ1n) is 4.66. The van der Waals surface area contributed by atoms with Crippen molar-refractivity contribution < 1.29 is 8.42 Å². The molecule has 0 radical (unpaired) electrons. The van der Waals surface area contributed by atoms with Crippen LogP contribution < -0.4 is 0 Å². The highest BCUT2D eigenvalue weighted by atomic mass is 32.2. The highest BCUT2D eigenvalue weighted by molar-refractivity contribution is 7.89. The molecule has 2 fully saturated rings. The summed E-state index contributed by atoms with van der Waals surface area (Å²) >= 11 is 0. The molecule has 1 saturated heterocycles. The predicted octanol–water partition coefficient (Wildman–Crippen LogP) is 0.822. The Balaban J connectivity index is 1.97. The Morgan fingerprint density at radius 3 is 2.25 bits per heavy atom. The summed E-state index contributed by atoms with van der Waals surface area (Å²) in [4.78, 5) is 0. The molecular weight excluding hydrogens is 174 g/mol. The molecule has 2 rings (SSSR count). The molecule has 1 heterocycles. The fourth-order valence-electron chi connectivity index (χ4n) is 1.65. The number of nitrogens with zero attached hydrogens (tertiary/aromatic N) is 1. The lowest BCUT2D eigenvalue weighted by Crippen LogP contribution is -2.30. The summed E-state index contributed by atoms with van der Waals surface area (Å²) < 4.78 is 24.9.